The molecule has 0 saturated carbocycles. The van der Waals surface area contributed by atoms with Gasteiger partial charge in [0.25, 0.3) is 0 Å². The Bertz CT molecular complexity index is 419. The van der Waals surface area contributed by atoms with Crippen LogP contribution in [0.3, 0.4) is 0 Å². The van der Waals surface area contributed by atoms with Crippen molar-refractivity contribution in [1.29, 1.82) is 0 Å². The smallest absolute Gasteiger partial charge is 0.161 e. The quantitative estimate of drug-likeness (QED) is 0.852. The molecule has 2 nitrogen and oxygen atoms in total. The summed E-state index contributed by atoms with van der Waals surface area (Å²) in [4.78, 5) is 4.58. The van der Waals surface area contributed by atoms with Crippen LogP contribution in [-0.4, -0.2) is 16.5 Å². The summed E-state index contributed by atoms with van der Waals surface area (Å²) in [5.74, 6) is 0.719. The number of amidine groups is 1. The average Bonchev–Trinajstić information content (AvgIpc) is 2.65. The van der Waals surface area contributed by atoms with E-state index in [0.717, 1.165) is 17.3 Å². The van der Waals surface area contributed by atoms with Crippen LogP contribution in [-0.2, 0) is 0 Å². The number of aliphatic imine (C=N–C) groups is 1. The highest BCUT2D eigenvalue weighted by molar-refractivity contribution is 8.14. The lowest BCUT2D eigenvalue weighted by molar-refractivity contribution is 0.522. The van der Waals surface area contributed by atoms with Gasteiger partial charge >= 0.3 is 0 Å². The van der Waals surface area contributed by atoms with E-state index in [1.807, 2.05) is 6.07 Å². The van der Waals surface area contributed by atoms with E-state index < -0.39 is 0 Å². The van der Waals surface area contributed by atoms with Crippen molar-refractivity contribution in [2.24, 2.45) is 4.99 Å². The number of anilines is 1. The van der Waals surface area contributed by atoms with Gasteiger partial charge in [0.2, 0.25) is 0 Å². The minimum Gasteiger partial charge on any atom is -0.333 e. The zero-order valence-corrected chi connectivity index (χ0v) is 10.3. The van der Waals surface area contributed by atoms with Gasteiger partial charge in [-0.3, -0.25) is 4.99 Å². The molecule has 0 aliphatic carbocycles. The molecule has 1 aromatic rings. The molecule has 1 aromatic carbocycles. The Kier molecular flexibility index (Phi) is 3.19. The zero-order chi connectivity index (χ0) is 11.6. The summed E-state index contributed by atoms with van der Waals surface area (Å²) in [6, 6.07) is 6.66. The summed E-state index contributed by atoms with van der Waals surface area (Å²) < 4.78 is 13.4. The first-order chi connectivity index (χ1) is 7.63. The van der Waals surface area contributed by atoms with Gasteiger partial charge in [-0.2, -0.15) is 0 Å². The van der Waals surface area contributed by atoms with Crippen molar-refractivity contribution in [3.8, 4) is 0 Å². The lowest BCUT2D eigenvalue weighted by Gasteiger charge is -2.15. The fourth-order valence-corrected chi connectivity index (χ4v) is 2.64. The predicted octanol–water partition coefficient (Wildman–Crippen LogP) is 3.51. The molecule has 1 aliphatic heterocycles. The van der Waals surface area contributed by atoms with Crippen LogP contribution in [0.25, 0.3) is 0 Å². The van der Waals surface area contributed by atoms with Crippen LogP contribution in [0.5, 0.6) is 0 Å². The SMILES string of the molecule is CCC1(C)CSC(Nc2ccccc2F)=N1. The first-order valence-electron chi connectivity index (χ1n) is 5.37. The number of thioether (sulfide) groups is 1. The van der Waals surface area contributed by atoms with E-state index in [1.165, 1.54) is 6.07 Å². The van der Waals surface area contributed by atoms with Gasteiger partial charge in [-0.1, -0.05) is 30.8 Å². The van der Waals surface area contributed by atoms with Crippen LogP contribution in [0.2, 0.25) is 0 Å². The van der Waals surface area contributed by atoms with Gasteiger partial charge in [0.15, 0.2) is 5.17 Å². The molecule has 1 atom stereocenters. The van der Waals surface area contributed by atoms with Crippen LogP contribution >= 0.6 is 11.8 Å². The van der Waals surface area contributed by atoms with Crippen molar-refractivity contribution in [3.05, 3.63) is 30.1 Å². The lowest BCUT2D eigenvalue weighted by Crippen LogP contribution is -2.20. The molecule has 1 unspecified atom stereocenters. The predicted molar refractivity (Wildman–Crippen MR) is 68.6 cm³/mol. The van der Waals surface area contributed by atoms with E-state index >= 15 is 0 Å². The molecule has 4 heteroatoms. The van der Waals surface area contributed by atoms with E-state index in [1.54, 1.807) is 23.9 Å². The molecule has 86 valence electrons. The van der Waals surface area contributed by atoms with Crippen molar-refractivity contribution in [2.75, 3.05) is 11.1 Å². The molecule has 16 heavy (non-hydrogen) atoms. The standard InChI is InChI=1S/C12H15FN2S/c1-3-12(2)8-16-11(15-12)14-10-7-5-4-6-9(10)13/h4-7H,3,8H2,1-2H3,(H,14,15). The minimum absolute atomic E-state index is 0.00173. The van der Waals surface area contributed by atoms with Crippen molar-refractivity contribution in [3.63, 3.8) is 0 Å². The first kappa shape index (κ1) is 11.5. The maximum atomic E-state index is 13.4. The second-order valence-corrected chi connectivity index (χ2v) is 5.13. The average molecular weight is 238 g/mol. The summed E-state index contributed by atoms with van der Waals surface area (Å²) in [6.07, 6.45) is 1.00. The molecular weight excluding hydrogens is 223 g/mol. The highest BCUT2D eigenvalue weighted by Gasteiger charge is 2.28. The fourth-order valence-electron chi connectivity index (χ4n) is 1.46. The molecule has 1 aliphatic rings. The van der Waals surface area contributed by atoms with Gasteiger partial charge in [-0.25, -0.2) is 4.39 Å². The number of nitrogens with zero attached hydrogens (tertiary/aromatic N) is 1. The largest absolute Gasteiger partial charge is 0.333 e. The number of hydrogen-bond donors (Lipinski definition) is 1. The fraction of sp³-hybridized carbons (Fsp3) is 0.417. The third kappa shape index (κ3) is 2.38. The summed E-state index contributed by atoms with van der Waals surface area (Å²) >= 11 is 1.65. The maximum Gasteiger partial charge on any atom is 0.161 e. The van der Waals surface area contributed by atoms with Crippen LogP contribution in [0.15, 0.2) is 29.3 Å². The molecular formula is C12H15FN2S. The molecule has 0 saturated heterocycles. The molecule has 0 aromatic heterocycles. The molecule has 2 rings (SSSR count). The normalized spacial score (nSPS) is 24.3. The number of halogens is 1. The van der Waals surface area contributed by atoms with E-state index in [-0.39, 0.29) is 11.4 Å². The third-order valence-electron chi connectivity index (χ3n) is 2.77. The number of para-hydroxylation sites is 1. The number of rotatable bonds is 2. The maximum absolute atomic E-state index is 13.4. The third-order valence-corrected chi connectivity index (χ3v) is 4.00. The zero-order valence-electron chi connectivity index (χ0n) is 9.46. The van der Waals surface area contributed by atoms with Crippen molar-refractivity contribution >= 4 is 22.6 Å². The molecule has 0 amide bonds. The van der Waals surface area contributed by atoms with E-state index in [4.69, 9.17) is 0 Å². The summed E-state index contributed by atoms with van der Waals surface area (Å²) in [7, 11) is 0. The van der Waals surface area contributed by atoms with Crippen LogP contribution < -0.4 is 5.32 Å². The number of benzene rings is 1. The molecule has 1 heterocycles. The topological polar surface area (TPSA) is 24.4 Å². The summed E-state index contributed by atoms with van der Waals surface area (Å²) in [5, 5.41) is 3.85. The van der Waals surface area contributed by atoms with Gasteiger partial charge in [-0.05, 0) is 25.5 Å². The number of nitrogens with one attached hydrogen (secondary N) is 1. The Morgan fingerprint density at radius 2 is 2.25 bits per heavy atom. The Hall–Kier alpha value is -1.03. The number of hydrogen-bond acceptors (Lipinski definition) is 3. The van der Waals surface area contributed by atoms with Crippen LogP contribution in [0, 0.1) is 5.82 Å². The molecule has 0 radical (unpaired) electrons. The van der Waals surface area contributed by atoms with Crippen LogP contribution in [0.4, 0.5) is 10.1 Å². The Morgan fingerprint density at radius 1 is 1.50 bits per heavy atom. The van der Waals surface area contributed by atoms with E-state index in [9.17, 15) is 4.39 Å². The highest BCUT2D eigenvalue weighted by Crippen LogP contribution is 2.30. The Labute approximate surface area is 99.3 Å². The van der Waals surface area contributed by atoms with Crippen molar-refractivity contribution < 1.29 is 4.39 Å². The Morgan fingerprint density at radius 3 is 2.88 bits per heavy atom. The second kappa shape index (κ2) is 4.45. The molecule has 0 bridgehead atoms. The first-order valence-corrected chi connectivity index (χ1v) is 6.36. The van der Waals surface area contributed by atoms with Crippen molar-refractivity contribution in [1.82, 2.24) is 0 Å². The van der Waals surface area contributed by atoms with Crippen LogP contribution in [0.1, 0.15) is 20.3 Å². The highest BCUT2D eigenvalue weighted by atomic mass is 32.2. The second-order valence-electron chi connectivity index (χ2n) is 4.16. The monoisotopic (exact) mass is 238 g/mol. The molecule has 1 N–H and O–H groups in total. The van der Waals surface area contributed by atoms with Crippen molar-refractivity contribution in [2.45, 2.75) is 25.8 Å². The molecule has 0 fully saturated rings. The molecule has 0 spiro atoms. The summed E-state index contributed by atoms with van der Waals surface area (Å²) in [6.45, 7) is 4.24. The van der Waals surface area contributed by atoms with Gasteiger partial charge in [-0.15, -0.1) is 0 Å². The Balaban J connectivity index is 2.13. The van der Waals surface area contributed by atoms with E-state index in [2.05, 4.69) is 24.2 Å². The summed E-state index contributed by atoms with van der Waals surface area (Å²) in [5.41, 5.74) is 0.493. The van der Waals surface area contributed by atoms with Gasteiger partial charge in [0.1, 0.15) is 5.82 Å². The van der Waals surface area contributed by atoms with Gasteiger partial charge in [0, 0.05) is 5.75 Å². The van der Waals surface area contributed by atoms with E-state index in [0.29, 0.717) is 5.69 Å². The van der Waals surface area contributed by atoms with Gasteiger partial charge in [0.05, 0.1) is 11.2 Å². The minimum atomic E-state index is -0.240. The lowest BCUT2D eigenvalue weighted by atomic mass is 10.0. The van der Waals surface area contributed by atoms with Gasteiger partial charge < -0.3 is 5.32 Å².